The molecule has 1 aliphatic rings. The molecule has 120 valence electrons. The largest absolute Gasteiger partial charge is 0.480 e. The molecule has 0 aliphatic carbocycles. The SMILES string of the molecule is O=C(O)C1CCCCN1Cc1ccccc1Oc1cccnc1. The minimum Gasteiger partial charge on any atom is -0.480 e. The van der Waals surface area contributed by atoms with Crippen LogP contribution in [0.3, 0.4) is 0 Å². The average Bonchev–Trinajstić information content (AvgIpc) is 2.58. The topological polar surface area (TPSA) is 62.7 Å². The third-order valence-electron chi connectivity index (χ3n) is 4.11. The Balaban J connectivity index is 1.78. The van der Waals surface area contributed by atoms with Gasteiger partial charge in [0.05, 0.1) is 6.20 Å². The number of hydrogen-bond acceptors (Lipinski definition) is 4. The van der Waals surface area contributed by atoms with Gasteiger partial charge in [-0.05, 0) is 37.6 Å². The number of para-hydroxylation sites is 1. The van der Waals surface area contributed by atoms with Crippen molar-refractivity contribution in [1.29, 1.82) is 0 Å². The molecule has 1 aliphatic heterocycles. The number of nitrogens with zero attached hydrogens (tertiary/aromatic N) is 2. The van der Waals surface area contributed by atoms with E-state index in [0.29, 0.717) is 18.7 Å². The highest BCUT2D eigenvalue weighted by molar-refractivity contribution is 5.73. The number of pyridine rings is 1. The van der Waals surface area contributed by atoms with Crippen molar-refractivity contribution in [2.75, 3.05) is 6.54 Å². The first-order chi connectivity index (χ1) is 11.2. The van der Waals surface area contributed by atoms with Gasteiger partial charge in [-0.25, -0.2) is 0 Å². The van der Waals surface area contributed by atoms with Gasteiger partial charge in [-0.1, -0.05) is 24.6 Å². The summed E-state index contributed by atoms with van der Waals surface area (Å²) >= 11 is 0. The Labute approximate surface area is 135 Å². The first-order valence-corrected chi connectivity index (χ1v) is 7.86. The fraction of sp³-hybridized carbons (Fsp3) is 0.333. The Bertz CT molecular complexity index is 660. The first-order valence-electron chi connectivity index (χ1n) is 7.86. The standard InChI is InChI=1S/C18H20N2O3/c21-18(22)16-8-3-4-11-20(16)13-14-6-1-2-9-17(14)23-15-7-5-10-19-12-15/h1-2,5-7,9-10,12,16H,3-4,8,11,13H2,(H,21,22). The van der Waals surface area contributed by atoms with E-state index in [1.54, 1.807) is 12.4 Å². The zero-order valence-electron chi connectivity index (χ0n) is 12.9. The first kappa shape index (κ1) is 15.5. The predicted octanol–water partition coefficient (Wildman–Crippen LogP) is 3.31. The molecule has 5 heteroatoms. The highest BCUT2D eigenvalue weighted by atomic mass is 16.5. The van der Waals surface area contributed by atoms with Crippen molar-refractivity contribution in [1.82, 2.24) is 9.88 Å². The van der Waals surface area contributed by atoms with E-state index < -0.39 is 12.0 Å². The van der Waals surface area contributed by atoms with Crippen LogP contribution in [0.15, 0.2) is 48.8 Å². The van der Waals surface area contributed by atoms with E-state index in [0.717, 1.165) is 30.7 Å². The van der Waals surface area contributed by atoms with E-state index in [4.69, 9.17) is 4.74 Å². The number of likely N-dealkylation sites (tertiary alicyclic amines) is 1. The molecule has 1 atom stereocenters. The van der Waals surface area contributed by atoms with Crippen LogP contribution in [0.25, 0.3) is 0 Å². The van der Waals surface area contributed by atoms with Gasteiger partial charge in [-0.15, -0.1) is 0 Å². The monoisotopic (exact) mass is 312 g/mol. The summed E-state index contributed by atoms with van der Waals surface area (Å²) in [7, 11) is 0. The van der Waals surface area contributed by atoms with Gasteiger partial charge in [0, 0.05) is 18.3 Å². The molecule has 1 aromatic heterocycles. The fourth-order valence-corrected chi connectivity index (χ4v) is 2.95. The number of piperidine rings is 1. The van der Waals surface area contributed by atoms with Gasteiger partial charge < -0.3 is 9.84 Å². The molecular formula is C18H20N2O3. The lowest BCUT2D eigenvalue weighted by atomic mass is 10.0. The molecule has 2 heterocycles. The van der Waals surface area contributed by atoms with Crippen molar-refractivity contribution in [3.63, 3.8) is 0 Å². The molecule has 0 amide bonds. The molecular weight excluding hydrogens is 292 g/mol. The van der Waals surface area contributed by atoms with Crippen LogP contribution < -0.4 is 4.74 Å². The smallest absolute Gasteiger partial charge is 0.320 e. The summed E-state index contributed by atoms with van der Waals surface area (Å²) in [4.78, 5) is 17.5. The highest BCUT2D eigenvalue weighted by Gasteiger charge is 2.28. The zero-order chi connectivity index (χ0) is 16.1. The van der Waals surface area contributed by atoms with E-state index >= 15 is 0 Å². The maximum Gasteiger partial charge on any atom is 0.320 e. The van der Waals surface area contributed by atoms with Gasteiger partial charge in [-0.3, -0.25) is 14.7 Å². The molecule has 0 radical (unpaired) electrons. The molecule has 1 N–H and O–H groups in total. The van der Waals surface area contributed by atoms with E-state index in [-0.39, 0.29) is 0 Å². The van der Waals surface area contributed by atoms with Crippen LogP contribution in [-0.4, -0.2) is 33.5 Å². The molecule has 3 rings (SSSR count). The lowest BCUT2D eigenvalue weighted by molar-refractivity contribution is -0.144. The second-order valence-electron chi connectivity index (χ2n) is 5.72. The van der Waals surface area contributed by atoms with Gasteiger partial charge in [0.2, 0.25) is 0 Å². The number of hydrogen-bond donors (Lipinski definition) is 1. The van der Waals surface area contributed by atoms with E-state index in [1.165, 1.54) is 0 Å². The Kier molecular flexibility index (Phi) is 4.88. The molecule has 0 saturated carbocycles. The summed E-state index contributed by atoms with van der Waals surface area (Å²) in [6, 6.07) is 11.0. The lowest BCUT2D eigenvalue weighted by Gasteiger charge is -2.33. The Morgan fingerprint density at radius 3 is 2.91 bits per heavy atom. The van der Waals surface area contributed by atoms with Gasteiger partial charge in [0.15, 0.2) is 0 Å². The summed E-state index contributed by atoms with van der Waals surface area (Å²) in [5, 5.41) is 9.41. The van der Waals surface area contributed by atoms with Crippen LogP contribution in [0.2, 0.25) is 0 Å². The molecule has 0 spiro atoms. The maximum atomic E-state index is 11.4. The number of ether oxygens (including phenoxy) is 1. The Morgan fingerprint density at radius 2 is 2.13 bits per heavy atom. The van der Waals surface area contributed by atoms with E-state index in [1.807, 2.05) is 41.3 Å². The molecule has 1 fully saturated rings. The van der Waals surface area contributed by atoms with E-state index in [9.17, 15) is 9.90 Å². The number of aromatic nitrogens is 1. The number of carboxylic acids is 1. The molecule has 0 bridgehead atoms. The molecule has 1 saturated heterocycles. The number of rotatable bonds is 5. The molecule has 1 aromatic carbocycles. The minimum atomic E-state index is -0.740. The summed E-state index contributed by atoms with van der Waals surface area (Å²) in [6.07, 6.45) is 6.08. The molecule has 2 aromatic rings. The number of aliphatic carboxylic acids is 1. The highest BCUT2D eigenvalue weighted by Crippen LogP contribution is 2.28. The fourth-order valence-electron chi connectivity index (χ4n) is 2.95. The van der Waals surface area contributed by atoms with Crippen LogP contribution in [-0.2, 0) is 11.3 Å². The van der Waals surface area contributed by atoms with Crippen LogP contribution in [0.1, 0.15) is 24.8 Å². The van der Waals surface area contributed by atoms with Crippen molar-refractivity contribution < 1.29 is 14.6 Å². The van der Waals surface area contributed by atoms with Crippen molar-refractivity contribution in [2.24, 2.45) is 0 Å². The second-order valence-corrected chi connectivity index (χ2v) is 5.72. The van der Waals surface area contributed by atoms with Gasteiger partial charge in [0.25, 0.3) is 0 Å². The molecule has 5 nitrogen and oxygen atoms in total. The van der Waals surface area contributed by atoms with Crippen LogP contribution in [0.5, 0.6) is 11.5 Å². The normalized spacial score (nSPS) is 18.5. The average molecular weight is 312 g/mol. The zero-order valence-corrected chi connectivity index (χ0v) is 12.9. The van der Waals surface area contributed by atoms with Crippen molar-refractivity contribution in [2.45, 2.75) is 31.8 Å². The van der Waals surface area contributed by atoms with Crippen molar-refractivity contribution >= 4 is 5.97 Å². The van der Waals surface area contributed by atoms with E-state index in [2.05, 4.69) is 4.98 Å². The summed E-state index contributed by atoms with van der Waals surface area (Å²) < 4.78 is 5.91. The number of benzene rings is 1. The van der Waals surface area contributed by atoms with Crippen LogP contribution in [0.4, 0.5) is 0 Å². The second kappa shape index (κ2) is 7.24. The molecule has 1 unspecified atom stereocenters. The summed E-state index contributed by atoms with van der Waals surface area (Å²) in [5.41, 5.74) is 0.990. The number of carbonyl (C=O) groups is 1. The van der Waals surface area contributed by atoms with Crippen LogP contribution >= 0.6 is 0 Å². The Hall–Kier alpha value is -2.40. The summed E-state index contributed by atoms with van der Waals surface area (Å²) in [6.45, 7) is 1.38. The Morgan fingerprint density at radius 1 is 1.26 bits per heavy atom. The van der Waals surface area contributed by atoms with Crippen molar-refractivity contribution in [3.05, 3.63) is 54.4 Å². The lowest BCUT2D eigenvalue weighted by Crippen LogP contribution is -2.44. The van der Waals surface area contributed by atoms with Crippen molar-refractivity contribution in [3.8, 4) is 11.5 Å². The molecule has 23 heavy (non-hydrogen) atoms. The van der Waals surface area contributed by atoms with Gasteiger partial charge in [-0.2, -0.15) is 0 Å². The third-order valence-corrected chi connectivity index (χ3v) is 4.11. The minimum absolute atomic E-state index is 0.407. The van der Waals surface area contributed by atoms with Gasteiger partial charge >= 0.3 is 5.97 Å². The maximum absolute atomic E-state index is 11.4. The van der Waals surface area contributed by atoms with Gasteiger partial charge in [0.1, 0.15) is 17.5 Å². The predicted molar refractivity (Wildman–Crippen MR) is 86.4 cm³/mol. The third kappa shape index (κ3) is 3.87. The quantitative estimate of drug-likeness (QED) is 0.917. The van der Waals surface area contributed by atoms with Crippen LogP contribution in [0, 0.1) is 0 Å². The summed E-state index contributed by atoms with van der Waals surface area (Å²) in [5.74, 6) is 0.680. The number of carboxylic acid groups (broad SMARTS) is 1.